The summed E-state index contributed by atoms with van der Waals surface area (Å²) >= 11 is 0. The Kier molecular flexibility index (Phi) is 13.1. The molecule has 9 heteroatoms. The van der Waals surface area contributed by atoms with Crippen LogP contribution in [-0.4, -0.2) is 52.8 Å². The summed E-state index contributed by atoms with van der Waals surface area (Å²) in [5, 5.41) is 17.6. The third-order valence-corrected chi connectivity index (χ3v) is 9.69. The van der Waals surface area contributed by atoms with Gasteiger partial charge >= 0.3 is 0 Å². The Morgan fingerprint density at radius 3 is 2.38 bits per heavy atom. The Hall–Kier alpha value is -2.62. The number of rotatable bonds is 14. The number of hydrogen-bond donors (Lipinski definition) is 3. The maximum absolute atomic E-state index is 14.0. The zero-order valence-electron chi connectivity index (χ0n) is 25.6. The van der Waals surface area contributed by atoms with Crippen LogP contribution in [0.2, 0.25) is 0 Å². The van der Waals surface area contributed by atoms with Gasteiger partial charge in [-0.1, -0.05) is 39.2 Å². The molecule has 1 saturated carbocycles. The van der Waals surface area contributed by atoms with E-state index in [1.165, 1.54) is 18.6 Å². The summed E-state index contributed by atoms with van der Waals surface area (Å²) in [7, 11) is 0.502. The third-order valence-electron chi connectivity index (χ3n) is 8.12. The smallest absolute Gasteiger partial charge is 0.251 e. The molecule has 0 bridgehead atoms. The molecule has 2 aromatic rings. The highest BCUT2D eigenvalue weighted by atomic mass is 32.2. The van der Waals surface area contributed by atoms with E-state index in [-0.39, 0.29) is 13.0 Å². The van der Waals surface area contributed by atoms with E-state index in [4.69, 9.17) is 0 Å². The number of hydrogen-bond acceptors (Lipinski definition) is 4. The molecule has 0 radical (unpaired) electrons. The summed E-state index contributed by atoms with van der Waals surface area (Å²) in [4.78, 5) is 13.8. The number of benzene rings is 2. The number of aliphatic hydroxyl groups is 1. The van der Waals surface area contributed by atoms with Crippen molar-refractivity contribution in [1.82, 2.24) is 10.6 Å². The van der Waals surface area contributed by atoms with Gasteiger partial charge in [0.25, 0.3) is 5.91 Å². The third kappa shape index (κ3) is 9.19. The first-order chi connectivity index (χ1) is 20.1. The van der Waals surface area contributed by atoms with Gasteiger partial charge in [-0.25, -0.2) is 13.0 Å². The lowest BCUT2D eigenvalue weighted by atomic mass is 9.93. The number of anilines is 1. The van der Waals surface area contributed by atoms with Gasteiger partial charge < -0.3 is 15.7 Å². The molecule has 3 rings (SSSR count). The molecule has 6 nitrogen and oxygen atoms in total. The van der Waals surface area contributed by atoms with Crippen LogP contribution in [0.1, 0.15) is 92.8 Å². The normalized spacial score (nSPS) is 16.6. The van der Waals surface area contributed by atoms with Gasteiger partial charge in [0.1, 0.15) is 22.6 Å². The van der Waals surface area contributed by atoms with E-state index < -0.39 is 40.7 Å². The molecule has 3 unspecified atom stereocenters. The molecule has 1 aliphatic rings. The highest BCUT2D eigenvalue weighted by molar-refractivity contribution is 7.86. The molecule has 0 heterocycles. The Balaban J connectivity index is 1.95. The van der Waals surface area contributed by atoms with E-state index >= 15 is 0 Å². The molecule has 0 saturated heterocycles. The minimum atomic E-state index is -1.26. The number of amides is 1. The number of nitrogens with zero attached hydrogens (tertiary/aromatic N) is 1. The lowest BCUT2D eigenvalue weighted by Crippen LogP contribution is -2.50. The van der Waals surface area contributed by atoms with Gasteiger partial charge in [0.15, 0.2) is 0 Å². The van der Waals surface area contributed by atoms with Crippen molar-refractivity contribution in [3.63, 3.8) is 0 Å². The second-order valence-electron chi connectivity index (χ2n) is 11.2. The van der Waals surface area contributed by atoms with Gasteiger partial charge in [-0.05, 0) is 92.5 Å². The number of aliphatic hydroxyl groups excluding tert-OH is 1. The molecule has 42 heavy (non-hydrogen) atoms. The molecule has 3 atom stereocenters. The fourth-order valence-corrected chi connectivity index (χ4v) is 6.75. The van der Waals surface area contributed by atoms with Crippen LogP contribution >= 0.6 is 0 Å². The summed E-state index contributed by atoms with van der Waals surface area (Å²) in [5.74, 6) is -1.34. The average Bonchev–Trinajstić information content (AvgIpc) is 2.96. The van der Waals surface area contributed by atoms with Crippen LogP contribution in [0.3, 0.4) is 0 Å². The fraction of sp³-hybridized carbons (Fsp3) is 0.545. The van der Waals surface area contributed by atoms with Crippen molar-refractivity contribution >= 4 is 28.2 Å². The Labute approximate surface area is 252 Å². The fourth-order valence-electron chi connectivity index (χ4n) is 5.72. The van der Waals surface area contributed by atoms with Gasteiger partial charge in [0, 0.05) is 37.0 Å². The predicted octanol–water partition coefficient (Wildman–Crippen LogP) is 6.22. The van der Waals surface area contributed by atoms with Gasteiger partial charge in [-0.3, -0.25) is 9.10 Å². The van der Waals surface area contributed by atoms with E-state index in [1.807, 2.05) is 39.8 Å². The maximum atomic E-state index is 14.0. The van der Waals surface area contributed by atoms with Crippen LogP contribution in [0.15, 0.2) is 36.4 Å². The summed E-state index contributed by atoms with van der Waals surface area (Å²) < 4.78 is 42.7. The van der Waals surface area contributed by atoms with Crippen LogP contribution < -0.4 is 14.9 Å². The van der Waals surface area contributed by atoms with Crippen molar-refractivity contribution in [3.05, 3.63) is 70.3 Å². The second kappa shape index (κ2) is 16.3. The molecule has 232 valence electrons. The number of carbonyl (C=O) groups is 1. The van der Waals surface area contributed by atoms with Gasteiger partial charge in [0.05, 0.1) is 17.8 Å². The number of halogens is 2. The summed E-state index contributed by atoms with van der Waals surface area (Å²) in [6.45, 7) is 8.18. The van der Waals surface area contributed by atoms with Crippen molar-refractivity contribution in [1.29, 1.82) is 0 Å². The van der Waals surface area contributed by atoms with Crippen LogP contribution in [0.4, 0.5) is 14.5 Å². The van der Waals surface area contributed by atoms with Crippen molar-refractivity contribution in [3.8, 4) is 0 Å². The minimum absolute atomic E-state index is 0.0506. The Bertz CT molecular complexity index is 1240. The molecule has 3 N–H and O–H groups in total. The van der Waals surface area contributed by atoms with Gasteiger partial charge in [-0.2, -0.15) is 0 Å². The van der Waals surface area contributed by atoms with E-state index in [9.17, 15) is 22.9 Å². The van der Waals surface area contributed by atoms with E-state index in [2.05, 4.69) is 10.6 Å². The number of nitrogens with one attached hydrogen (secondary N) is 2. The zero-order chi connectivity index (χ0) is 30.8. The quantitative estimate of drug-likeness (QED) is 0.240. The average molecular weight is 604 g/mol. The van der Waals surface area contributed by atoms with Crippen molar-refractivity contribution in [2.45, 2.75) is 97.2 Å². The second-order valence-corrected chi connectivity index (χ2v) is 12.8. The lowest BCUT2D eigenvalue weighted by molar-refractivity contribution is 0.0821. The molecular weight excluding hydrogens is 556 g/mol. The monoisotopic (exact) mass is 603 g/mol. The molecule has 1 fully saturated rings. The molecule has 0 aromatic heterocycles. The van der Waals surface area contributed by atoms with Crippen LogP contribution in [-0.2, 0) is 17.4 Å². The highest BCUT2D eigenvalue weighted by Gasteiger charge is 2.26. The van der Waals surface area contributed by atoms with Crippen LogP contribution in [0, 0.1) is 18.6 Å². The Morgan fingerprint density at radius 1 is 1.12 bits per heavy atom. The molecule has 1 aliphatic carbocycles. The molecule has 2 aromatic carbocycles. The molecular formula is C33H47F2N3O3S. The molecule has 0 aliphatic heterocycles. The SMILES string of the molecule is C/C=C(/CC)c1cc(C(=O)NC(Cc2cc(F)cc(F)c2)C(O)CNC2CCCCC2)cc(N(C)S(=O)CCC)c1C. The summed E-state index contributed by atoms with van der Waals surface area (Å²) in [6, 6.07) is 6.31. The van der Waals surface area contributed by atoms with Gasteiger partial charge in [0.2, 0.25) is 0 Å². The number of carbonyl (C=O) groups excluding carboxylic acids is 1. The van der Waals surface area contributed by atoms with Crippen molar-refractivity contribution in [2.75, 3.05) is 23.7 Å². The summed E-state index contributed by atoms with van der Waals surface area (Å²) in [6.07, 6.45) is 8.13. The van der Waals surface area contributed by atoms with E-state index in [1.54, 1.807) is 17.4 Å². The highest BCUT2D eigenvalue weighted by Crippen LogP contribution is 2.32. The number of allylic oxidation sites excluding steroid dienone is 2. The van der Waals surface area contributed by atoms with Crippen LogP contribution in [0.25, 0.3) is 5.57 Å². The topological polar surface area (TPSA) is 81.7 Å². The largest absolute Gasteiger partial charge is 0.390 e. The first-order valence-corrected chi connectivity index (χ1v) is 16.4. The Morgan fingerprint density at radius 2 is 1.79 bits per heavy atom. The molecule has 0 spiro atoms. The van der Waals surface area contributed by atoms with Crippen LogP contribution in [0.5, 0.6) is 0 Å². The maximum Gasteiger partial charge on any atom is 0.251 e. The molecule has 1 amide bonds. The van der Waals surface area contributed by atoms with Crippen molar-refractivity contribution in [2.24, 2.45) is 0 Å². The first-order valence-electron chi connectivity index (χ1n) is 15.2. The lowest BCUT2D eigenvalue weighted by Gasteiger charge is -2.29. The van der Waals surface area contributed by atoms with E-state index in [0.29, 0.717) is 28.6 Å². The summed E-state index contributed by atoms with van der Waals surface area (Å²) in [5.41, 5.74) is 4.28. The van der Waals surface area contributed by atoms with Crippen molar-refractivity contribution < 1.29 is 22.9 Å². The van der Waals surface area contributed by atoms with E-state index in [0.717, 1.165) is 61.3 Å². The first kappa shape index (κ1) is 33.9. The predicted molar refractivity (Wildman–Crippen MR) is 169 cm³/mol. The van der Waals surface area contributed by atoms with Gasteiger partial charge in [-0.15, -0.1) is 0 Å². The standard InChI is InChI=1S/C33H47F2N3O3S/c1-6-14-42(41)38(5)31-19-25(18-29(22(31)4)24(7-2)8-3)33(40)37-30(17-23-15-26(34)20-27(35)16-23)32(39)21-36-28-12-10-9-11-13-28/h7,15-16,18-20,28,30,32,36,39H,6,8-14,17,21H2,1-5H3,(H,37,40)/b24-7-. The zero-order valence-corrected chi connectivity index (χ0v) is 26.5. The minimum Gasteiger partial charge on any atom is -0.390 e.